The number of anilines is 1. The van der Waals surface area contributed by atoms with Crippen molar-refractivity contribution in [3.05, 3.63) is 46.1 Å². The lowest BCUT2D eigenvalue weighted by atomic mass is 9.93. The number of carbonyl (C=O) groups is 1. The van der Waals surface area contributed by atoms with Gasteiger partial charge in [-0.05, 0) is 37.5 Å². The van der Waals surface area contributed by atoms with Gasteiger partial charge < -0.3 is 14.7 Å². The molecule has 0 aliphatic carbocycles. The second-order valence-corrected chi connectivity index (χ2v) is 7.47. The number of carbonyl (C=O) groups excluding carboxylic acids is 1. The van der Waals surface area contributed by atoms with E-state index < -0.39 is 16.8 Å². The number of hydrogen-bond acceptors (Lipinski definition) is 5. The molecular weight excluding hydrogens is 421 g/mol. The standard InChI is InChI=1S/C20H20ClF3N4O2/c21-16-11-14(3-4-15(16)20(22,23)24)19(29)28-9-5-13(6-10-28)17-12-18(30-27-17)26-8-2-1-7-25/h3-4,11-13,26H,1-2,5-6,8-10H2. The fourth-order valence-corrected chi connectivity index (χ4v) is 3.67. The van der Waals surface area contributed by atoms with Gasteiger partial charge in [-0.15, -0.1) is 0 Å². The summed E-state index contributed by atoms with van der Waals surface area (Å²) in [6.07, 6.45) is -2.05. The van der Waals surface area contributed by atoms with E-state index in [2.05, 4.69) is 16.5 Å². The number of benzene rings is 1. The van der Waals surface area contributed by atoms with Crippen LogP contribution in [-0.2, 0) is 6.18 Å². The predicted octanol–water partition coefficient (Wildman–Crippen LogP) is 5.08. The molecule has 1 aliphatic rings. The van der Waals surface area contributed by atoms with Crippen LogP contribution in [0.2, 0.25) is 5.02 Å². The fourth-order valence-electron chi connectivity index (χ4n) is 3.38. The molecule has 1 aromatic heterocycles. The van der Waals surface area contributed by atoms with Crippen molar-refractivity contribution < 1.29 is 22.5 Å². The number of nitrogens with zero attached hydrogens (tertiary/aromatic N) is 3. The molecule has 1 saturated heterocycles. The Morgan fingerprint density at radius 1 is 1.33 bits per heavy atom. The molecule has 3 rings (SSSR count). The van der Waals surface area contributed by atoms with Gasteiger partial charge in [0.1, 0.15) is 0 Å². The third-order valence-electron chi connectivity index (χ3n) is 5.01. The summed E-state index contributed by atoms with van der Waals surface area (Å²) in [4.78, 5) is 14.3. The highest BCUT2D eigenvalue weighted by atomic mass is 35.5. The van der Waals surface area contributed by atoms with Gasteiger partial charge in [-0.2, -0.15) is 18.4 Å². The Morgan fingerprint density at radius 3 is 2.70 bits per heavy atom. The van der Waals surface area contributed by atoms with Gasteiger partial charge in [-0.3, -0.25) is 4.79 Å². The van der Waals surface area contributed by atoms with Crippen LogP contribution >= 0.6 is 11.6 Å². The molecule has 0 radical (unpaired) electrons. The minimum Gasteiger partial charge on any atom is -0.354 e. The lowest BCUT2D eigenvalue weighted by molar-refractivity contribution is -0.137. The van der Waals surface area contributed by atoms with Crippen LogP contribution in [0, 0.1) is 11.3 Å². The van der Waals surface area contributed by atoms with E-state index in [0.29, 0.717) is 51.2 Å². The first-order chi connectivity index (χ1) is 14.3. The average Bonchev–Trinajstić information content (AvgIpc) is 3.19. The topological polar surface area (TPSA) is 82.2 Å². The second-order valence-electron chi connectivity index (χ2n) is 7.06. The number of unbranched alkanes of at least 4 members (excludes halogenated alkanes) is 1. The third kappa shape index (κ3) is 5.25. The molecule has 0 spiro atoms. The van der Waals surface area contributed by atoms with Gasteiger partial charge in [0.25, 0.3) is 5.91 Å². The van der Waals surface area contributed by atoms with Crippen molar-refractivity contribution in [3.8, 4) is 6.07 Å². The normalized spacial score (nSPS) is 15.1. The van der Waals surface area contributed by atoms with Crippen LogP contribution < -0.4 is 5.32 Å². The molecule has 1 N–H and O–H groups in total. The third-order valence-corrected chi connectivity index (χ3v) is 5.33. The van der Waals surface area contributed by atoms with Crippen LogP contribution in [0.1, 0.15) is 53.2 Å². The zero-order chi connectivity index (χ0) is 21.7. The number of nitriles is 1. The lowest BCUT2D eigenvalue weighted by Gasteiger charge is -2.31. The number of likely N-dealkylation sites (tertiary alicyclic amines) is 1. The van der Waals surface area contributed by atoms with Gasteiger partial charge in [0.05, 0.1) is 22.3 Å². The molecule has 0 unspecified atom stereocenters. The molecule has 2 heterocycles. The number of alkyl halides is 3. The molecule has 1 aromatic carbocycles. The van der Waals surface area contributed by atoms with Gasteiger partial charge in [0, 0.05) is 43.6 Å². The van der Waals surface area contributed by atoms with E-state index in [1.54, 1.807) is 4.90 Å². The van der Waals surface area contributed by atoms with Crippen LogP contribution in [0.4, 0.5) is 19.1 Å². The van der Waals surface area contributed by atoms with E-state index >= 15 is 0 Å². The second kappa shape index (κ2) is 9.39. The van der Waals surface area contributed by atoms with E-state index in [-0.39, 0.29) is 17.4 Å². The van der Waals surface area contributed by atoms with Crippen molar-refractivity contribution in [1.82, 2.24) is 10.1 Å². The Labute approximate surface area is 176 Å². The van der Waals surface area contributed by atoms with Crippen LogP contribution in [0.5, 0.6) is 0 Å². The molecule has 160 valence electrons. The van der Waals surface area contributed by atoms with Gasteiger partial charge in [-0.1, -0.05) is 16.8 Å². The molecule has 2 aromatic rings. The van der Waals surface area contributed by atoms with Gasteiger partial charge in [0.2, 0.25) is 5.88 Å². The summed E-state index contributed by atoms with van der Waals surface area (Å²) in [6, 6.07) is 6.96. The summed E-state index contributed by atoms with van der Waals surface area (Å²) in [5.41, 5.74) is -0.0262. The highest BCUT2D eigenvalue weighted by Gasteiger charge is 2.34. The first-order valence-corrected chi connectivity index (χ1v) is 9.91. The van der Waals surface area contributed by atoms with Crippen molar-refractivity contribution in [2.24, 2.45) is 0 Å². The summed E-state index contributed by atoms with van der Waals surface area (Å²) in [5.74, 6) is 0.327. The molecule has 6 nitrogen and oxygen atoms in total. The number of aromatic nitrogens is 1. The SMILES string of the molecule is N#CCCCNc1cc(C2CCN(C(=O)c3ccc(C(F)(F)F)c(Cl)c3)CC2)no1. The predicted molar refractivity (Wildman–Crippen MR) is 104 cm³/mol. The van der Waals surface area contributed by atoms with Crippen molar-refractivity contribution in [3.63, 3.8) is 0 Å². The van der Waals surface area contributed by atoms with Gasteiger partial charge in [0.15, 0.2) is 0 Å². The first kappa shape index (κ1) is 22.0. The lowest BCUT2D eigenvalue weighted by Crippen LogP contribution is -2.38. The number of piperidine rings is 1. The number of rotatable bonds is 6. The Hall–Kier alpha value is -2.73. The average molecular weight is 441 g/mol. The van der Waals surface area contributed by atoms with Gasteiger partial charge >= 0.3 is 6.18 Å². The maximum absolute atomic E-state index is 12.8. The van der Waals surface area contributed by atoms with E-state index in [0.717, 1.165) is 23.9 Å². The Bertz CT molecular complexity index is 931. The van der Waals surface area contributed by atoms with E-state index in [4.69, 9.17) is 21.4 Å². The summed E-state index contributed by atoms with van der Waals surface area (Å²) in [7, 11) is 0. The van der Waals surface area contributed by atoms with E-state index in [1.807, 2.05) is 6.07 Å². The zero-order valence-corrected chi connectivity index (χ0v) is 16.8. The Balaban J connectivity index is 1.55. The highest BCUT2D eigenvalue weighted by molar-refractivity contribution is 6.31. The van der Waals surface area contributed by atoms with E-state index in [1.165, 1.54) is 0 Å². The van der Waals surface area contributed by atoms with Crippen molar-refractivity contribution >= 4 is 23.4 Å². The minimum atomic E-state index is -4.56. The van der Waals surface area contributed by atoms with Crippen molar-refractivity contribution in [2.75, 3.05) is 25.0 Å². The molecule has 1 aliphatic heterocycles. The molecule has 0 atom stereocenters. The smallest absolute Gasteiger partial charge is 0.354 e. The zero-order valence-electron chi connectivity index (χ0n) is 16.0. The molecule has 1 amide bonds. The molecule has 0 saturated carbocycles. The number of hydrogen-bond donors (Lipinski definition) is 1. The maximum atomic E-state index is 12.8. The summed E-state index contributed by atoms with van der Waals surface area (Å²) < 4.78 is 43.8. The highest BCUT2D eigenvalue weighted by Crippen LogP contribution is 2.35. The maximum Gasteiger partial charge on any atom is 0.417 e. The largest absolute Gasteiger partial charge is 0.417 e. The molecule has 0 bridgehead atoms. The Morgan fingerprint density at radius 2 is 2.07 bits per heavy atom. The monoisotopic (exact) mass is 440 g/mol. The number of amides is 1. The number of halogens is 4. The van der Waals surface area contributed by atoms with Crippen LogP contribution in [0.25, 0.3) is 0 Å². The van der Waals surface area contributed by atoms with Crippen LogP contribution in [0.3, 0.4) is 0 Å². The molecule has 1 fully saturated rings. The quantitative estimate of drug-likeness (QED) is 0.633. The van der Waals surface area contributed by atoms with E-state index in [9.17, 15) is 18.0 Å². The molecule has 10 heteroatoms. The van der Waals surface area contributed by atoms with Gasteiger partial charge in [-0.25, -0.2) is 0 Å². The summed E-state index contributed by atoms with van der Waals surface area (Å²) in [6.45, 7) is 1.53. The summed E-state index contributed by atoms with van der Waals surface area (Å²) >= 11 is 5.73. The summed E-state index contributed by atoms with van der Waals surface area (Å²) in [5, 5.41) is 15.2. The minimum absolute atomic E-state index is 0.128. The molecular formula is C20H20ClF3N4O2. The van der Waals surface area contributed by atoms with Crippen LogP contribution in [-0.4, -0.2) is 35.6 Å². The first-order valence-electron chi connectivity index (χ1n) is 9.53. The van der Waals surface area contributed by atoms with Crippen molar-refractivity contribution in [2.45, 2.75) is 37.8 Å². The van der Waals surface area contributed by atoms with Crippen molar-refractivity contribution in [1.29, 1.82) is 5.26 Å². The fraction of sp³-hybridized carbons (Fsp3) is 0.450. The van der Waals surface area contributed by atoms with Crippen LogP contribution in [0.15, 0.2) is 28.8 Å². The number of nitrogens with one attached hydrogen (secondary N) is 1. The molecule has 30 heavy (non-hydrogen) atoms. The Kier molecular flexibility index (Phi) is 6.87.